The molecule has 1 unspecified atom stereocenters. The standard InChI is InChI=1S/C20H22FNO3.Na/c1-22(2)11-3-10-20(16-5-7-17(21)8-6-16)18-9-4-14(19(23)24)12-15(18)13-25-20;/h4-9,12H,3,10-11,13H2,1-2H3,(H,23,24);/q;+1/p-1. The van der Waals surface area contributed by atoms with Gasteiger partial charge in [0, 0.05) is 0 Å². The minimum absolute atomic E-state index is 0. The molecule has 0 radical (unpaired) electrons. The zero-order valence-corrected chi connectivity index (χ0v) is 17.4. The maximum absolute atomic E-state index is 13.4. The Morgan fingerprint density at radius 3 is 2.54 bits per heavy atom. The van der Waals surface area contributed by atoms with E-state index in [4.69, 9.17) is 4.74 Å². The number of carboxylic acid groups (broad SMARTS) is 1. The van der Waals surface area contributed by atoms with Gasteiger partial charge in [0.2, 0.25) is 0 Å². The number of rotatable bonds is 6. The van der Waals surface area contributed by atoms with Gasteiger partial charge in [-0.1, -0.05) is 24.3 Å². The van der Waals surface area contributed by atoms with Crippen LogP contribution >= 0.6 is 0 Å². The molecular formula is C20H21FNNaO3. The van der Waals surface area contributed by atoms with Gasteiger partial charge in [0.15, 0.2) is 0 Å². The number of aromatic carboxylic acids is 1. The van der Waals surface area contributed by atoms with E-state index in [1.165, 1.54) is 12.1 Å². The average molecular weight is 365 g/mol. The summed E-state index contributed by atoms with van der Waals surface area (Å²) in [5.74, 6) is -1.49. The van der Waals surface area contributed by atoms with Crippen LogP contribution in [-0.2, 0) is 16.9 Å². The summed E-state index contributed by atoms with van der Waals surface area (Å²) in [5.41, 5.74) is 2.14. The van der Waals surface area contributed by atoms with E-state index in [1.54, 1.807) is 30.3 Å². The molecule has 26 heavy (non-hydrogen) atoms. The van der Waals surface area contributed by atoms with Crippen molar-refractivity contribution in [1.82, 2.24) is 4.90 Å². The van der Waals surface area contributed by atoms with Gasteiger partial charge in [-0.2, -0.15) is 0 Å². The molecule has 0 fully saturated rings. The van der Waals surface area contributed by atoms with Crippen LogP contribution in [0.15, 0.2) is 42.5 Å². The summed E-state index contributed by atoms with van der Waals surface area (Å²) in [5, 5.41) is 11.1. The van der Waals surface area contributed by atoms with E-state index in [0.29, 0.717) is 6.61 Å². The van der Waals surface area contributed by atoms with Crippen LogP contribution in [-0.4, -0.2) is 31.5 Å². The molecule has 0 aromatic heterocycles. The van der Waals surface area contributed by atoms with Gasteiger partial charge in [-0.3, -0.25) is 0 Å². The third-order valence-corrected chi connectivity index (χ3v) is 4.69. The number of halogens is 1. The van der Waals surface area contributed by atoms with E-state index >= 15 is 0 Å². The van der Waals surface area contributed by atoms with Crippen LogP contribution < -0.4 is 34.7 Å². The van der Waals surface area contributed by atoms with Crippen LogP contribution in [0.1, 0.15) is 39.9 Å². The van der Waals surface area contributed by atoms with Crippen LogP contribution in [0.4, 0.5) is 4.39 Å². The van der Waals surface area contributed by atoms with E-state index in [2.05, 4.69) is 4.90 Å². The van der Waals surface area contributed by atoms with Crippen LogP contribution in [0.25, 0.3) is 0 Å². The van der Waals surface area contributed by atoms with E-state index in [0.717, 1.165) is 36.1 Å². The molecule has 6 heteroatoms. The Hall–Kier alpha value is -1.24. The second-order valence-electron chi connectivity index (χ2n) is 6.69. The Balaban J connectivity index is 0.00000243. The monoisotopic (exact) mass is 365 g/mol. The maximum atomic E-state index is 13.4. The number of hydrogen-bond acceptors (Lipinski definition) is 4. The van der Waals surface area contributed by atoms with Gasteiger partial charge in [-0.05, 0) is 73.9 Å². The van der Waals surface area contributed by atoms with Crippen LogP contribution in [0, 0.1) is 5.82 Å². The molecule has 1 heterocycles. The van der Waals surface area contributed by atoms with Crippen LogP contribution in [0.5, 0.6) is 0 Å². The molecule has 3 rings (SSSR count). The summed E-state index contributed by atoms with van der Waals surface area (Å²) in [6.45, 7) is 1.23. The van der Waals surface area contributed by atoms with E-state index in [9.17, 15) is 14.3 Å². The number of fused-ring (bicyclic) bond motifs is 1. The quantitative estimate of drug-likeness (QED) is 0.636. The molecule has 0 saturated carbocycles. The summed E-state index contributed by atoms with van der Waals surface area (Å²) >= 11 is 0. The first-order chi connectivity index (χ1) is 11.9. The fraction of sp³-hybridized carbons (Fsp3) is 0.350. The summed E-state index contributed by atoms with van der Waals surface area (Å²) in [7, 11) is 4.03. The van der Waals surface area contributed by atoms with Gasteiger partial charge >= 0.3 is 29.6 Å². The molecule has 0 amide bonds. The summed E-state index contributed by atoms with van der Waals surface area (Å²) in [4.78, 5) is 13.2. The molecule has 0 saturated heterocycles. The summed E-state index contributed by atoms with van der Waals surface area (Å²) in [6, 6.07) is 11.3. The predicted octanol–water partition coefficient (Wildman–Crippen LogP) is -0.691. The fourth-order valence-corrected chi connectivity index (χ4v) is 3.47. The molecule has 2 aromatic carbocycles. The first-order valence-electron chi connectivity index (χ1n) is 8.32. The molecule has 4 nitrogen and oxygen atoms in total. The largest absolute Gasteiger partial charge is 1.00 e. The Morgan fingerprint density at radius 1 is 1.23 bits per heavy atom. The normalized spacial score (nSPS) is 18.5. The number of benzene rings is 2. The first kappa shape index (κ1) is 21.1. The van der Waals surface area contributed by atoms with Crippen molar-refractivity contribution in [3.63, 3.8) is 0 Å². The molecule has 0 N–H and O–H groups in total. The zero-order valence-electron chi connectivity index (χ0n) is 15.4. The van der Waals surface area contributed by atoms with E-state index < -0.39 is 11.6 Å². The van der Waals surface area contributed by atoms with Gasteiger partial charge in [0.1, 0.15) is 11.4 Å². The third kappa shape index (κ3) is 4.18. The first-order valence-corrected chi connectivity index (χ1v) is 8.32. The Bertz CT molecular complexity index is 779. The van der Waals surface area contributed by atoms with Crippen molar-refractivity contribution in [2.24, 2.45) is 0 Å². The van der Waals surface area contributed by atoms with Gasteiger partial charge in [-0.25, -0.2) is 4.39 Å². The third-order valence-electron chi connectivity index (χ3n) is 4.69. The van der Waals surface area contributed by atoms with Gasteiger partial charge in [0.25, 0.3) is 0 Å². The predicted molar refractivity (Wildman–Crippen MR) is 90.5 cm³/mol. The topological polar surface area (TPSA) is 52.6 Å². The van der Waals surface area contributed by atoms with E-state index in [1.807, 2.05) is 14.1 Å². The van der Waals surface area contributed by atoms with Crippen LogP contribution in [0.3, 0.4) is 0 Å². The molecular weight excluding hydrogens is 344 g/mol. The molecule has 2 aromatic rings. The number of carbonyl (C=O) groups excluding carboxylic acids is 1. The molecule has 1 aliphatic rings. The number of carboxylic acids is 1. The Labute approximate surface area is 175 Å². The van der Waals surface area contributed by atoms with Crippen LogP contribution in [0.2, 0.25) is 0 Å². The smallest absolute Gasteiger partial charge is 0.545 e. The molecule has 1 aliphatic heterocycles. The SMILES string of the molecule is CN(C)CCCC1(c2ccc(F)cc2)OCc2cc(C(=O)[O-])ccc21.[Na+]. The zero-order chi connectivity index (χ0) is 18.0. The van der Waals surface area contributed by atoms with Crippen molar-refractivity contribution in [1.29, 1.82) is 0 Å². The second-order valence-corrected chi connectivity index (χ2v) is 6.69. The molecule has 0 spiro atoms. The van der Waals surface area contributed by atoms with Crippen molar-refractivity contribution in [3.05, 3.63) is 70.5 Å². The van der Waals surface area contributed by atoms with Crippen molar-refractivity contribution in [3.8, 4) is 0 Å². The Kier molecular flexibility index (Phi) is 6.99. The molecule has 0 bridgehead atoms. The minimum Gasteiger partial charge on any atom is -0.545 e. The number of ether oxygens (including phenoxy) is 1. The Morgan fingerprint density at radius 2 is 1.92 bits per heavy atom. The second kappa shape index (κ2) is 8.63. The van der Waals surface area contributed by atoms with Crippen molar-refractivity contribution in [2.75, 3.05) is 20.6 Å². The molecule has 1 atom stereocenters. The van der Waals surface area contributed by atoms with Gasteiger partial charge in [-0.15, -0.1) is 0 Å². The molecule has 132 valence electrons. The number of hydrogen-bond donors (Lipinski definition) is 0. The van der Waals surface area contributed by atoms with Crippen molar-refractivity contribution in [2.45, 2.75) is 25.0 Å². The maximum Gasteiger partial charge on any atom is 1.00 e. The van der Waals surface area contributed by atoms with Crippen molar-refractivity contribution >= 4 is 5.97 Å². The fourth-order valence-electron chi connectivity index (χ4n) is 3.47. The van der Waals surface area contributed by atoms with Gasteiger partial charge in [0.05, 0.1) is 12.6 Å². The van der Waals surface area contributed by atoms with Crippen molar-refractivity contribution < 1.29 is 48.6 Å². The summed E-state index contributed by atoms with van der Waals surface area (Å²) < 4.78 is 19.6. The number of carbonyl (C=O) groups is 1. The van der Waals surface area contributed by atoms with Gasteiger partial charge < -0.3 is 19.5 Å². The summed E-state index contributed by atoms with van der Waals surface area (Å²) in [6.07, 6.45) is 1.63. The average Bonchev–Trinajstić information content (AvgIpc) is 2.94. The van der Waals surface area contributed by atoms with E-state index in [-0.39, 0.29) is 40.9 Å². The molecule has 0 aliphatic carbocycles. The minimum atomic E-state index is -1.20. The number of nitrogens with zero attached hydrogens (tertiary/aromatic N) is 1.